The number of phenolic OH excluding ortho intramolecular Hbond substituents is 1. The molecule has 0 saturated heterocycles. The fourth-order valence-electron chi connectivity index (χ4n) is 2.22. The number of phenols is 1. The van der Waals surface area contributed by atoms with E-state index >= 15 is 0 Å². The topological polar surface area (TPSA) is 20.2 Å². The van der Waals surface area contributed by atoms with Crippen molar-refractivity contribution in [3.63, 3.8) is 0 Å². The van der Waals surface area contributed by atoms with Crippen molar-refractivity contribution in [1.82, 2.24) is 0 Å². The van der Waals surface area contributed by atoms with Gasteiger partial charge in [0.05, 0.1) is 0 Å². The Balaban J connectivity index is 2.70. The molecule has 1 nitrogen and oxygen atoms in total. The van der Waals surface area contributed by atoms with E-state index in [1.807, 2.05) is 38.1 Å². The van der Waals surface area contributed by atoms with Gasteiger partial charge in [0.15, 0.2) is 0 Å². The first-order valence-corrected chi connectivity index (χ1v) is 5.46. The van der Waals surface area contributed by atoms with Crippen LogP contribution >= 0.6 is 0 Å². The molecular formula is C15H16O. The third kappa shape index (κ3) is 1.81. The Kier molecular flexibility index (Phi) is 2.69. The van der Waals surface area contributed by atoms with Crippen molar-refractivity contribution in [3.8, 4) is 16.9 Å². The Bertz CT molecular complexity index is 504. The first-order chi connectivity index (χ1) is 7.59. The summed E-state index contributed by atoms with van der Waals surface area (Å²) in [5.41, 5.74) is 5.98. The highest BCUT2D eigenvalue weighted by molar-refractivity contribution is 5.74. The number of aromatic hydroxyl groups is 1. The van der Waals surface area contributed by atoms with Crippen molar-refractivity contribution >= 4 is 0 Å². The molecule has 0 heterocycles. The molecular weight excluding hydrogens is 196 g/mol. The van der Waals surface area contributed by atoms with Crippen LogP contribution < -0.4 is 0 Å². The van der Waals surface area contributed by atoms with E-state index in [9.17, 15) is 5.11 Å². The number of hydrogen-bond donors (Lipinski definition) is 1. The molecule has 0 radical (unpaired) electrons. The van der Waals surface area contributed by atoms with Gasteiger partial charge in [-0.25, -0.2) is 0 Å². The highest BCUT2D eigenvalue weighted by Crippen LogP contribution is 2.32. The quantitative estimate of drug-likeness (QED) is 0.758. The normalized spacial score (nSPS) is 10.4. The summed E-state index contributed by atoms with van der Waals surface area (Å²) < 4.78 is 0. The van der Waals surface area contributed by atoms with Crippen molar-refractivity contribution in [3.05, 3.63) is 53.1 Å². The minimum absolute atomic E-state index is 0.340. The van der Waals surface area contributed by atoms with Gasteiger partial charge in [0.25, 0.3) is 0 Å². The Labute approximate surface area is 96.4 Å². The molecule has 0 aliphatic heterocycles. The molecule has 0 aliphatic carbocycles. The summed E-state index contributed by atoms with van der Waals surface area (Å²) in [7, 11) is 0. The van der Waals surface area contributed by atoms with E-state index in [4.69, 9.17) is 0 Å². The molecule has 82 valence electrons. The first-order valence-electron chi connectivity index (χ1n) is 5.46. The van der Waals surface area contributed by atoms with E-state index in [0.29, 0.717) is 5.75 Å². The van der Waals surface area contributed by atoms with E-state index in [1.54, 1.807) is 0 Å². The third-order valence-corrected chi connectivity index (χ3v) is 2.93. The van der Waals surface area contributed by atoms with Crippen LogP contribution in [0.25, 0.3) is 11.1 Å². The zero-order valence-electron chi connectivity index (χ0n) is 9.91. The summed E-state index contributed by atoms with van der Waals surface area (Å²) in [5, 5.41) is 9.53. The molecule has 0 atom stereocenters. The van der Waals surface area contributed by atoms with Gasteiger partial charge in [0, 0.05) is 0 Å². The van der Waals surface area contributed by atoms with Gasteiger partial charge >= 0.3 is 0 Å². The smallest absolute Gasteiger partial charge is 0.116 e. The monoisotopic (exact) mass is 212 g/mol. The third-order valence-electron chi connectivity index (χ3n) is 2.93. The summed E-state index contributed by atoms with van der Waals surface area (Å²) in [6.07, 6.45) is 0. The Morgan fingerprint density at radius 1 is 0.812 bits per heavy atom. The van der Waals surface area contributed by atoms with Gasteiger partial charge in [-0.1, -0.05) is 24.3 Å². The molecule has 16 heavy (non-hydrogen) atoms. The van der Waals surface area contributed by atoms with Gasteiger partial charge in [-0.2, -0.15) is 0 Å². The molecule has 2 rings (SSSR count). The maximum atomic E-state index is 9.53. The van der Waals surface area contributed by atoms with Crippen LogP contribution in [0.1, 0.15) is 16.7 Å². The maximum Gasteiger partial charge on any atom is 0.116 e. The van der Waals surface area contributed by atoms with Crippen molar-refractivity contribution in [2.75, 3.05) is 0 Å². The van der Waals surface area contributed by atoms with Gasteiger partial charge in [0.2, 0.25) is 0 Å². The largest absolute Gasteiger partial charge is 0.508 e. The van der Waals surface area contributed by atoms with Gasteiger partial charge in [-0.05, 0) is 60.7 Å². The molecule has 2 aromatic rings. The van der Waals surface area contributed by atoms with Crippen LogP contribution in [0.2, 0.25) is 0 Å². The fourth-order valence-corrected chi connectivity index (χ4v) is 2.22. The lowest BCUT2D eigenvalue weighted by molar-refractivity contribution is 0.474. The molecule has 0 aromatic heterocycles. The van der Waals surface area contributed by atoms with E-state index in [-0.39, 0.29) is 0 Å². The van der Waals surface area contributed by atoms with Crippen molar-refractivity contribution < 1.29 is 5.11 Å². The Hall–Kier alpha value is -1.76. The lowest BCUT2D eigenvalue weighted by atomic mass is 9.92. The van der Waals surface area contributed by atoms with Gasteiger partial charge in [0.1, 0.15) is 5.75 Å². The first kappa shape index (κ1) is 10.7. The van der Waals surface area contributed by atoms with E-state index in [2.05, 4.69) is 19.1 Å². The van der Waals surface area contributed by atoms with Crippen molar-refractivity contribution in [2.24, 2.45) is 0 Å². The van der Waals surface area contributed by atoms with Crippen LogP contribution in [0, 0.1) is 20.8 Å². The maximum absolute atomic E-state index is 9.53. The molecule has 0 aliphatic rings. The minimum atomic E-state index is 0.340. The molecule has 0 spiro atoms. The Morgan fingerprint density at radius 3 is 1.94 bits per heavy atom. The van der Waals surface area contributed by atoms with Gasteiger partial charge < -0.3 is 5.11 Å². The standard InChI is InChI=1S/C15H16O/c1-10-6-4-5-7-14(10)15-11(2)8-13(16)9-12(15)3/h4-9,16H,1-3H3. The van der Waals surface area contributed by atoms with Crippen LogP contribution in [0.4, 0.5) is 0 Å². The fraction of sp³-hybridized carbons (Fsp3) is 0.200. The predicted molar refractivity (Wildman–Crippen MR) is 67.8 cm³/mol. The number of aryl methyl sites for hydroxylation is 3. The van der Waals surface area contributed by atoms with E-state index in [1.165, 1.54) is 16.7 Å². The minimum Gasteiger partial charge on any atom is -0.508 e. The van der Waals surface area contributed by atoms with E-state index in [0.717, 1.165) is 11.1 Å². The number of benzene rings is 2. The lowest BCUT2D eigenvalue weighted by Gasteiger charge is -2.13. The molecule has 1 heteroatoms. The van der Waals surface area contributed by atoms with Gasteiger partial charge in [-0.15, -0.1) is 0 Å². The zero-order valence-corrected chi connectivity index (χ0v) is 9.91. The predicted octanol–water partition coefficient (Wildman–Crippen LogP) is 3.98. The molecule has 0 fully saturated rings. The molecule has 1 N–H and O–H groups in total. The summed E-state index contributed by atoms with van der Waals surface area (Å²) >= 11 is 0. The highest BCUT2D eigenvalue weighted by Gasteiger charge is 2.08. The second kappa shape index (κ2) is 4.01. The molecule has 0 amide bonds. The summed E-state index contributed by atoms with van der Waals surface area (Å²) in [4.78, 5) is 0. The average Bonchev–Trinajstić information content (AvgIpc) is 2.19. The number of hydrogen-bond acceptors (Lipinski definition) is 1. The second-order valence-corrected chi connectivity index (χ2v) is 4.27. The van der Waals surface area contributed by atoms with Crippen LogP contribution in [-0.2, 0) is 0 Å². The van der Waals surface area contributed by atoms with Crippen LogP contribution in [-0.4, -0.2) is 5.11 Å². The van der Waals surface area contributed by atoms with E-state index < -0.39 is 0 Å². The lowest BCUT2D eigenvalue weighted by Crippen LogP contribution is -1.90. The van der Waals surface area contributed by atoms with Crippen LogP contribution in [0.5, 0.6) is 5.75 Å². The molecule has 0 saturated carbocycles. The molecule has 2 aromatic carbocycles. The Morgan fingerprint density at radius 2 is 1.38 bits per heavy atom. The SMILES string of the molecule is Cc1ccccc1-c1c(C)cc(O)cc1C. The van der Waals surface area contributed by atoms with Crippen molar-refractivity contribution in [1.29, 1.82) is 0 Å². The van der Waals surface area contributed by atoms with Gasteiger partial charge in [-0.3, -0.25) is 0 Å². The van der Waals surface area contributed by atoms with Crippen molar-refractivity contribution in [2.45, 2.75) is 20.8 Å². The molecule has 0 unspecified atom stereocenters. The van der Waals surface area contributed by atoms with Crippen LogP contribution in [0.15, 0.2) is 36.4 Å². The zero-order chi connectivity index (χ0) is 11.7. The molecule has 0 bridgehead atoms. The average molecular weight is 212 g/mol. The summed E-state index contributed by atoms with van der Waals surface area (Å²) in [6, 6.07) is 12.0. The van der Waals surface area contributed by atoms with Crippen LogP contribution in [0.3, 0.4) is 0 Å². The second-order valence-electron chi connectivity index (χ2n) is 4.27. The number of rotatable bonds is 1. The summed E-state index contributed by atoms with van der Waals surface area (Å²) in [5.74, 6) is 0.340. The summed E-state index contributed by atoms with van der Waals surface area (Å²) in [6.45, 7) is 6.18. The highest BCUT2D eigenvalue weighted by atomic mass is 16.3.